The van der Waals surface area contributed by atoms with Crippen molar-refractivity contribution >= 4 is 17.6 Å². The number of hydrogen-bond donors (Lipinski definition) is 0. The molecule has 1 aromatic heterocycles. The van der Waals surface area contributed by atoms with Crippen molar-refractivity contribution in [2.45, 2.75) is 18.9 Å². The summed E-state index contributed by atoms with van der Waals surface area (Å²) in [7, 11) is 3.21. The topological polar surface area (TPSA) is 88.1 Å². The van der Waals surface area contributed by atoms with Crippen LogP contribution in [-0.4, -0.2) is 84.8 Å². The third-order valence-electron chi connectivity index (χ3n) is 6.84. The minimum Gasteiger partial charge on any atom is -0.497 e. The molecule has 0 unspecified atom stereocenters. The third-order valence-corrected chi connectivity index (χ3v) is 6.84. The fourth-order valence-electron chi connectivity index (χ4n) is 4.54. The first kappa shape index (κ1) is 24.5. The average molecular weight is 502 g/mol. The van der Waals surface area contributed by atoms with Crippen LogP contribution in [0.3, 0.4) is 0 Å². The number of aromatic nitrogens is 2. The van der Waals surface area contributed by atoms with E-state index in [0.29, 0.717) is 37.5 Å². The number of benzene rings is 2. The molecule has 0 bridgehead atoms. The van der Waals surface area contributed by atoms with Crippen molar-refractivity contribution in [1.29, 1.82) is 0 Å². The second-order valence-electron chi connectivity index (χ2n) is 9.27. The predicted molar refractivity (Wildman–Crippen MR) is 140 cm³/mol. The van der Waals surface area contributed by atoms with Gasteiger partial charge in [-0.1, -0.05) is 18.2 Å². The molecular formula is C28H31N5O4. The second kappa shape index (κ2) is 10.9. The van der Waals surface area contributed by atoms with Crippen molar-refractivity contribution in [2.75, 3.05) is 51.8 Å². The summed E-state index contributed by atoms with van der Waals surface area (Å²) in [6, 6.07) is 18.9. The molecule has 1 aliphatic carbocycles. The number of ether oxygens (including phenoxy) is 2. The maximum absolute atomic E-state index is 13.2. The first-order valence-electron chi connectivity index (χ1n) is 12.5. The van der Waals surface area contributed by atoms with E-state index in [0.717, 1.165) is 35.7 Å². The monoisotopic (exact) mass is 501 g/mol. The highest BCUT2D eigenvalue weighted by Gasteiger charge is 2.36. The summed E-state index contributed by atoms with van der Waals surface area (Å²) in [5.74, 6) is 2.03. The van der Waals surface area contributed by atoms with Crippen LogP contribution in [0.1, 0.15) is 23.2 Å². The van der Waals surface area contributed by atoms with Crippen molar-refractivity contribution in [3.8, 4) is 22.8 Å². The minimum atomic E-state index is -0.125. The largest absolute Gasteiger partial charge is 0.497 e. The lowest BCUT2D eigenvalue weighted by Crippen LogP contribution is -2.52. The van der Waals surface area contributed by atoms with Crippen LogP contribution in [0.5, 0.6) is 11.5 Å². The molecule has 0 spiro atoms. The zero-order valence-electron chi connectivity index (χ0n) is 21.2. The molecule has 2 aliphatic rings. The Labute approximate surface area is 216 Å². The Morgan fingerprint density at radius 1 is 0.892 bits per heavy atom. The highest BCUT2D eigenvalue weighted by atomic mass is 16.5. The van der Waals surface area contributed by atoms with Crippen LogP contribution in [0.2, 0.25) is 0 Å². The number of amides is 2. The summed E-state index contributed by atoms with van der Waals surface area (Å²) in [6.45, 7) is 2.56. The molecule has 5 rings (SSSR count). The molecule has 0 atom stereocenters. The van der Waals surface area contributed by atoms with Crippen molar-refractivity contribution in [1.82, 2.24) is 20.0 Å². The van der Waals surface area contributed by atoms with Gasteiger partial charge in [-0.25, -0.2) is 0 Å². The Bertz CT molecular complexity index is 1250. The van der Waals surface area contributed by atoms with Gasteiger partial charge in [0.1, 0.15) is 18.0 Å². The molecule has 0 radical (unpaired) electrons. The number of carbonyl (C=O) groups excluding carboxylic acids is 2. The van der Waals surface area contributed by atoms with E-state index in [4.69, 9.17) is 9.47 Å². The molecule has 2 amide bonds. The van der Waals surface area contributed by atoms with E-state index in [1.165, 1.54) is 0 Å². The fraction of sp³-hybridized carbons (Fsp3) is 0.357. The second-order valence-corrected chi connectivity index (χ2v) is 9.27. The number of rotatable bonds is 8. The van der Waals surface area contributed by atoms with E-state index >= 15 is 0 Å². The fourth-order valence-corrected chi connectivity index (χ4v) is 4.54. The Morgan fingerprint density at radius 2 is 1.59 bits per heavy atom. The van der Waals surface area contributed by atoms with E-state index in [1.807, 2.05) is 41.3 Å². The molecule has 1 saturated carbocycles. The van der Waals surface area contributed by atoms with Crippen LogP contribution in [0.4, 0.5) is 5.82 Å². The zero-order valence-corrected chi connectivity index (χ0v) is 21.2. The lowest BCUT2D eigenvalue weighted by molar-refractivity contribution is -0.132. The summed E-state index contributed by atoms with van der Waals surface area (Å²) in [4.78, 5) is 32.0. The number of methoxy groups -OCH3 is 2. The van der Waals surface area contributed by atoms with Gasteiger partial charge in [-0.3, -0.25) is 9.59 Å². The molecular weight excluding hydrogens is 470 g/mol. The first-order chi connectivity index (χ1) is 18.1. The van der Waals surface area contributed by atoms with Gasteiger partial charge in [-0.2, -0.15) is 0 Å². The van der Waals surface area contributed by atoms with Crippen molar-refractivity contribution < 1.29 is 19.1 Å². The van der Waals surface area contributed by atoms with Crippen LogP contribution in [0.15, 0.2) is 60.7 Å². The Morgan fingerprint density at radius 3 is 2.24 bits per heavy atom. The van der Waals surface area contributed by atoms with Gasteiger partial charge in [-0.05, 0) is 55.3 Å². The van der Waals surface area contributed by atoms with E-state index in [9.17, 15) is 9.59 Å². The predicted octanol–water partition coefficient (Wildman–Crippen LogP) is 3.11. The summed E-state index contributed by atoms with van der Waals surface area (Å²) >= 11 is 0. The van der Waals surface area contributed by atoms with Crippen molar-refractivity contribution in [3.63, 3.8) is 0 Å². The molecule has 2 aromatic carbocycles. The smallest absolute Gasteiger partial charge is 0.254 e. The van der Waals surface area contributed by atoms with Gasteiger partial charge in [0.25, 0.3) is 5.91 Å². The van der Waals surface area contributed by atoms with Gasteiger partial charge in [0.15, 0.2) is 5.82 Å². The standard InChI is InChI=1S/C28H31N5O4/c1-36-23-7-3-5-20(17-23)25-11-12-26(30-29-25)31-13-15-32(16-14-31)27(34)19-33(22-9-10-22)28(35)21-6-4-8-24(18-21)37-2/h3-8,11-12,17-18,22H,9-10,13-16,19H2,1-2H3. The van der Waals surface area contributed by atoms with Gasteiger partial charge in [0.05, 0.1) is 19.9 Å². The normalized spacial score (nSPS) is 15.3. The van der Waals surface area contributed by atoms with Crippen molar-refractivity contribution in [2.24, 2.45) is 0 Å². The zero-order chi connectivity index (χ0) is 25.8. The van der Waals surface area contributed by atoms with E-state index in [-0.39, 0.29) is 24.4 Å². The first-order valence-corrected chi connectivity index (χ1v) is 12.5. The quantitative estimate of drug-likeness (QED) is 0.469. The van der Waals surface area contributed by atoms with Gasteiger partial charge < -0.3 is 24.2 Å². The highest BCUT2D eigenvalue weighted by Crippen LogP contribution is 2.29. The number of nitrogens with zero attached hydrogens (tertiary/aromatic N) is 5. The molecule has 37 heavy (non-hydrogen) atoms. The summed E-state index contributed by atoms with van der Waals surface area (Å²) < 4.78 is 10.6. The van der Waals surface area contributed by atoms with Gasteiger partial charge >= 0.3 is 0 Å². The number of carbonyl (C=O) groups is 2. The highest BCUT2D eigenvalue weighted by molar-refractivity contribution is 5.97. The molecule has 2 heterocycles. The summed E-state index contributed by atoms with van der Waals surface area (Å²) in [5.41, 5.74) is 2.26. The minimum absolute atomic E-state index is 0.0257. The third kappa shape index (κ3) is 5.66. The van der Waals surface area contributed by atoms with Crippen LogP contribution in [-0.2, 0) is 4.79 Å². The Hall–Kier alpha value is -4.14. The maximum Gasteiger partial charge on any atom is 0.254 e. The SMILES string of the molecule is COc1cccc(C(=O)N(CC(=O)N2CCN(c3ccc(-c4cccc(OC)c4)nn3)CC2)C2CC2)c1. The summed E-state index contributed by atoms with van der Waals surface area (Å²) in [5, 5.41) is 8.82. The lowest BCUT2D eigenvalue weighted by atomic mass is 10.1. The van der Waals surface area contributed by atoms with Gasteiger partial charge in [-0.15, -0.1) is 10.2 Å². The van der Waals surface area contributed by atoms with Crippen LogP contribution >= 0.6 is 0 Å². The summed E-state index contributed by atoms with van der Waals surface area (Å²) in [6.07, 6.45) is 1.86. The molecule has 2 fully saturated rings. The maximum atomic E-state index is 13.2. The average Bonchev–Trinajstić information content (AvgIpc) is 3.81. The number of piperazine rings is 1. The van der Waals surface area contributed by atoms with Gasteiger partial charge in [0, 0.05) is 43.3 Å². The van der Waals surface area contributed by atoms with E-state index in [2.05, 4.69) is 15.1 Å². The molecule has 3 aromatic rings. The molecule has 1 aliphatic heterocycles. The molecule has 1 saturated heterocycles. The van der Waals surface area contributed by atoms with E-state index < -0.39 is 0 Å². The lowest BCUT2D eigenvalue weighted by Gasteiger charge is -2.36. The van der Waals surface area contributed by atoms with Crippen LogP contribution in [0.25, 0.3) is 11.3 Å². The number of anilines is 1. The van der Waals surface area contributed by atoms with Gasteiger partial charge in [0.2, 0.25) is 5.91 Å². The Kier molecular flexibility index (Phi) is 7.20. The van der Waals surface area contributed by atoms with Crippen LogP contribution in [0, 0.1) is 0 Å². The molecule has 0 N–H and O–H groups in total. The molecule has 9 nitrogen and oxygen atoms in total. The Balaban J connectivity index is 1.18. The van der Waals surface area contributed by atoms with Crippen LogP contribution < -0.4 is 14.4 Å². The molecule has 192 valence electrons. The number of hydrogen-bond acceptors (Lipinski definition) is 7. The van der Waals surface area contributed by atoms with Crippen molar-refractivity contribution in [3.05, 3.63) is 66.2 Å². The van der Waals surface area contributed by atoms with E-state index in [1.54, 1.807) is 43.4 Å². The molecule has 9 heteroatoms.